The predicted molar refractivity (Wildman–Crippen MR) is 248 cm³/mol. The lowest BCUT2D eigenvalue weighted by Gasteiger charge is -2.29. The number of aromatic hydroxyl groups is 2. The first-order valence-corrected chi connectivity index (χ1v) is 23.0. The molecule has 74 heavy (non-hydrogen) atoms. The van der Waals surface area contributed by atoms with Crippen LogP contribution in [-0.4, -0.2) is 192 Å². The Morgan fingerprint density at radius 1 is 0.770 bits per heavy atom. The number of hydrogen-bond acceptors (Lipinski definition) is 19. The monoisotopic (exact) mass is 1050 g/mol. The molecule has 0 spiro atoms. The fourth-order valence-electron chi connectivity index (χ4n) is 7.69. The Bertz CT molecular complexity index is 2510. The predicted octanol–water partition coefficient (Wildman–Crippen LogP) is -7.40. The fraction of sp³-hybridized carbons (Fsp3) is 0.535. The summed E-state index contributed by atoms with van der Waals surface area (Å²) in [6, 6.07) is -8.14. The number of aromatic nitrogens is 1. The van der Waals surface area contributed by atoms with E-state index in [4.69, 9.17) is 5.73 Å². The van der Waals surface area contributed by atoms with Crippen molar-refractivity contribution in [3.05, 3.63) is 18.2 Å². The Morgan fingerprint density at radius 3 is 2.00 bits per heavy atom. The van der Waals surface area contributed by atoms with Crippen LogP contribution >= 0.6 is 0 Å². The van der Waals surface area contributed by atoms with Crippen molar-refractivity contribution in [1.29, 1.82) is 0 Å². The van der Waals surface area contributed by atoms with Gasteiger partial charge in [0.25, 0.3) is 17.6 Å². The van der Waals surface area contributed by atoms with Crippen LogP contribution < -0.4 is 58.2 Å². The normalized spacial score (nSPS) is 18.1. The van der Waals surface area contributed by atoms with E-state index in [0.29, 0.717) is 11.5 Å². The van der Waals surface area contributed by atoms with Crippen molar-refractivity contribution in [1.82, 2.24) is 42.3 Å². The SMILES string of the molecule is CC(C)C(NC(=O)C(CO)NC(=O)C1CCNc2c(NC(=O)CCC(N)=O)cc3cc(O)c(O)cc3[n+]21)C(=O)NC(C(=O)NCC(=O)NC(C(=O)NC(CO)C(=O)NC1CCCN(O)C1=O)C(C)O)C(O)C(=O)O. The van der Waals surface area contributed by atoms with Gasteiger partial charge < -0.3 is 84.0 Å². The minimum Gasteiger partial charge on any atom is -0.504 e. The van der Waals surface area contributed by atoms with E-state index in [1.807, 2.05) is 10.6 Å². The Hall–Kier alpha value is -8.00. The van der Waals surface area contributed by atoms with Crippen molar-refractivity contribution in [2.75, 3.05) is 43.5 Å². The van der Waals surface area contributed by atoms with Crippen molar-refractivity contribution >= 4 is 87.4 Å². The number of phenols is 2. The van der Waals surface area contributed by atoms with Gasteiger partial charge in [0.1, 0.15) is 47.5 Å². The number of carbonyl (C=O) groups is 11. The number of hydrogen-bond donors (Lipinski definition) is 18. The third kappa shape index (κ3) is 15.0. The summed E-state index contributed by atoms with van der Waals surface area (Å²) in [5, 5.41) is 102. The minimum atomic E-state index is -2.69. The van der Waals surface area contributed by atoms with Crippen molar-refractivity contribution in [2.24, 2.45) is 11.7 Å². The summed E-state index contributed by atoms with van der Waals surface area (Å²) in [6.07, 6.45) is -4.51. The standard InChI is InChI=1S/C43H60N12O19/c1-17(2)31(52-37(66)23(16-57)49-38(67)24-8-9-45-35-21(47-29(62)7-6-28(44)61)11-19-12-26(59)27(60)13-25(19)55(24)35)40(69)53-33(34(64)43(72)73)39(68)46-14-30(63)51-32(18(3)58)41(70)50-22(15-56)36(65)48-20-5-4-10-54(74)42(20)71/h11-13,17-18,20,22-24,31-34,56-58,64,74H,4-10,14-16H2,1-3H3,(H13,44,45,46,47,48,49,50,51,52,53,59,60,61,62,63,65,66,67,68,69,70,72,73)/p+1. The molecule has 3 heterocycles. The molecular formula is C43H61N12O19+. The maximum absolute atomic E-state index is 14.0. The van der Waals surface area contributed by atoms with Gasteiger partial charge in [0.15, 0.2) is 23.6 Å². The van der Waals surface area contributed by atoms with E-state index >= 15 is 0 Å². The number of pyridine rings is 1. The molecule has 1 aromatic heterocycles. The molecule has 0 radical (unpaired) electrons. The summed E-state index contributed by atoms with van der Waals surface area (Å²) in [7, 11) is 0. The highest BCUT2D eigenvalue weighted by Gasteiger charge is 2.41. The number of nitrogens with one attached hydrogen (secondary N) is 9. The van der Waals surface area contributed by atoms with Gasteiger partial charge in [-0.3, -0.25) is 58.5 Å². The molecule has 0 aliphatic carbocycles. The van der Waals surface area contributed by atoms with Crippen LogP contribution in [0.5, 0.6) is 11.5 Å². The lowest BCUT2D eigenvalue weighted by atomic mass is 10.0. The number of hydroxylamine groups is 2. The average molecular weight is 1050 g/mol. The van der Waals surface area contributed by atoms with E-state index < -0.39 is 157 Å². The number of fused-ring (bicyclic) bond motifs is 3. The van der Waals surface area contributed by atoms with Crippen LogP contribution in [0.25, 0.3) is 10.9 Å². The fourth-order valence-corrected chi connectivity index (χ4v) is 7.69. The van der Waals surface area contributed by atoms with Crippen molar-refractivity contribution in [3.8, 4) is 11.5 Å². The van der Waals surface area contributed by atoms with Crippen molar-refractivity contribution in [2.45, 2.75) is 107 Å². The molecule has 2 aliphatic heterocycles. The van der Waals surface area contributed by atoms with E-state index in [-0.39, 0.29) is 61.2 Å². The second-order valence-corrected chi connectivity index (χ2v) is 17.6. The van der Waals surface area contributed by atoms with Gasteiger partial charge in [0, 0.05) is 37.3 Å². The van der Waals surface area contributed by atoms with Gasteiger partial charge in [-0.25, -0.2) is 14.4 Å². The molecule has 1 aromatic carbocycles. The molecule has 31 heteroatoms. The lowest BCUT2D eigenvalue weighted by Crippen LogP contribution is -2.63. The lowest BCUT2D eigenvalue weighted by molar-refractivity contribution is -0.674. The molecule has 31 nitrogen and oxygen atoms in total. The van der Waals surface area contributed by atoms with E-state index in [0.717, 1.165) is 19.1 Å². The summed E-state index contributed by atoms with van der Waals surface area (Å²) < 4.78 is 1.35. The van der Waals surface area contributed by atoms with E-state index in [1.54, 1.807) is 0 Å². The molecular weight excluding hydrogens is 989 g/mol. The Kier molecular flexibility index (Phi) is 20.7. The molecule has 1 fully saturated rings. The molecule has 4 rings (SSSR count). The third-order valence-corrected chi connectivity index (χ3v) is 11.6. The maximum Gasteiger partial charge on any atom is 0.335 e. The highest BCUT2D eigenvalue weighted by atomic mass is 16.5. The number of phenolic OH excluding ortho intramolecular Hbond substituents is 2. The number of nitrogens with two attached hydrogens (primary N) is 1. The number of rotatable bonds is 24. The van der Waals surface area contributed by atoms with Crippen molar-refractivity contribution in [3.63, 3.8) is 0 Å². The number of piperidine rings is 1. The highest BCUT2D eigenvalue weighted by molar-refractivity contribution is 6.00. The van der Waals surface area contributed by atoms with E-state index in [1.165, 1.54) is 24.5 Å². The molecule has 406 valence electrons. The average Bonchev–Trinajstić information content (AvgIpc) is 3.34. The van der Waals surface area contributed by atoms with Crippen LogP contribution in [0, 0.1) is 5.92 Å². The molecule has 2 aliphatic rings. The van der Waals surface area contributed by atoms with Crippen LogP contribution in [-0.2, 0) is 52.7 Å². The summed E-state index contributed by atoms with van der Waals surface area (Å²) in [5.74, 6) is -14.5. The first-order valence-electron chi connectivity index (χ1n) is 23.0. The number of amides is 10. The van der Waals surface area contributed by atoms with Crippen LogP contribution in [0.2, 0.25) is 0 Å². The van der Waals surface area contributed by atoms with Crippen LogP contribution in [0.3, 0.4) is 0 Å². The molecule has 10 amide bonds. The Morgan fingerprint density at radius 2 is 1.39 bits per heavy atom. The molecule has 9 unspecified atom stereocenters. The van der Waals surface area contributed by atoms with Gasteiger partial charge in [0.05, 0.1) is 32.4 Å². The first kappa shape index (κ1) is 58.6. The molecule has 9 atom stereocenters. The Labute approximate surface area is 419 Å². The molecule has 2 aromatic rings. The zero-order valence-corrected chi connectivity index (χ0v) is 40.1. The number of aliphatic hydroxyl groups excluding tert-OH is 4. The molecule has 19 N–H and O–H groups in total. The van der Waals surface area contributed by atoms with Gasteiger partial charge >= 0.3 is 5.97 Å². The zero-order valence-electron chi connectivity index (χ0n) is 40.1. The van der Waals surface area contributed by atoms with E-state index in [9.17, 15) is 93.7 Å². The smallest absolute Gasteiger partial charge is 0.335 e. The van der Waals surface area contributed by atoms with Crippen LogP contribution in [0.1, 0.15) is 58.9 Å². The summed E-state index contributed by atoms with van der Waals surface area (Å²) >= 11 is 0. The van der Waals surface area contributed by atoms with Gasteiger partial charge in [0.2, 0.25) is 47.3 Å². The summed E-state index contributed by atoms with van der Waals surface area (Å²) in [5.41, 5.74) is 5.41. The number of carboxylic acids is 1. The number of aliphatic hydroxyl groups is 4. The van der Waals surface area contributed by atoms with Gasteiger partial charge in [-0.2, -0.15) is 0 Å². The van der Waals surface area contributed by atoms with Gasteiger partial charge in [-0.15, -0.1) is 0 Å². The quantitative estimate of drug-likeness (QED) is 0.0264. The van der Waals surface area contributed by atoms with Crippen molar-refractivity contribution < 1.29 is 98.3 Å². The number of benzene rings is 1. The number of anilines is 2. The van der Waals surface area contributed by atoms with E-state index in [2.05, 4.69) is 37.2 Å². The number of carboxylic acid groups (broad SMARTS) is 1. The number of primary amides is 1. The van der Waals surface area contributed by atoms with Crippen LogP contribution in [0.4, 0.5) is 11.5 Å². The number of aliphatic carboxylic acids is 1. The Balaban J connectivity index is 1.45. The third-order valence-electron chi connectivity index (χ3n) is 11.6. The van der Waals surface area contributed by atoms with Gasteiger partial charge in [-0.05, 0) is 37.8 Å². The summed E-state index contributed by atoms with van der Waals surface area (Å²) in [4.78, 5) is 142. The second kappa shape index (κ2) is 26.1. The van der Waals surface area contributed by atoms with Crippen LogP contribution in [0.15, 0.2) is 18.2 Å². The highest BCUT2D eigenvalue weighted by Crippen LogP contribution is 2.35. The first-order chi connectivity index (χ1) is 34.8. The molecule has 0 bridgehead atoms. The second-order valence-electron chi connectivity index (χ2n) is 17.6. The summed E-state index contributed by atoms with van der Waals surface area (Å²) in [6.45, 7) is 0.799. The van der Waals surface area contributed by atoms with Gasteiger partial charge in [-0.1, -0.05) is 13.8 Å². The molecule has 0 saturated carbocycles. The maximum atomic E-state index is 14.0. The molecule has 1 saturated heterocycles. The number of nitrogens with zero attached hydrogens (tertiary/aromatic N) is 2. The largest absolute Gasteiger partial charge is 0.504 e. The minimum absolute atomic E-state index is 0.00631. The zero-order chi connectivity index (χ0) is 55.3. The number of carbonyl (C=O) groups excluding carboxylic acids is 10. The topological polar surface area (TPSA) is 491 Å².